The van der Waals surface area contributed by atoms with Crippen molar-refractivity contribution in [3.8, 4) is 0 Å². The lowest BCUT2D eigenvalue weighted by atomic mass is 9.87. The Bertz CT molecular complexity index is 1280. The van der Waals surface area contributed by atoms with E-state index in [1.165, 1.54) is 18.1 Å². The van der Waals surface area contributed by atoms with Gasteiger partial charge in [-0.3, -0.25) is 9.59 Å². The maximum Gasteiger partial charge on any atom is 0.302 e. The van der Waals surface area contributed by atoms with Crippen LogP contribution in [-0.4, -0.2) is 60.5 Å². The largest absolute Gasteiger partial charge is 0.462 e. The highest BCUT2D eigenvalue weighted by Gasteiger charge is 2.38. The second kappa shape index (κ2) is 13.5. The van der Waals surface area contributed by atoms with Crippen molar-refractivity contribution >= 4 is 46.4 Å². The normalized spacial score (nSPS) is 20.9. The van der Waals surface area contributed by atoms with E-state index in [2.05, 4.69) is 33.9 Å². The zero-order valence-electron chi connectivity index (χ0n) is 22.8. The predicted octanol–water partition coefficient (Wildman–Crippen LogP) is 7.19. The fourth-order valence-corrected chi connectivity index (χ4v) is 7.31. The van der Waals surface area contributed by atoms with E-state index >= 15 is 0 Å². The molecule has 2 saturated heterocycles. The van der Waals surface area contributed by atoms with Crippen LogP contribution in [0.1, 0.15) is 53.6 Å². The molecule has 0 aliphatic carbocycles. The third-order valence-corrected chi connectivity index (χ3v) is 9.74. The lowest BCUT2D eigenvalue weighted by Crippen LogP contribution is -2.40. The van der Waals surface area contributed by atoms with E-state index in [9.17, 15) is 9.59 Å². The van der Waals surface area contributed by atoms with E-state index in [1.807, 2.05) is 23.1 Å². The van der Waals surface area contributed by atoms with Gasteiger partial charge in [0.25, 0.3) is 5.91 Å². The van der Waals surface area contributed by atoms with Gasteiger partial charge in [-0.2, -0.15) is 11.3 Å². The number of nitrogens with zero attached hydrogens (tertiary/aromatic N) is 2. The summed E-state index contributed by atoms with van der Waals surface area (Å²) in [6.07, 6.45) is 3.75. The SMILES string of the molecule is CC(=O)OC(Cc1ccccc1)CC1CCN(CC2CN(C(=O)c3ccc(Cl)c(Cl)c3)CC2c2ccsc2)CC1. The van der Waals surface area contributed by atoms with Crippen molar-refractivity contribution in [2.45, 2.75) is 44.6 Å². The number of halogens is 2. The number of carbonyl (C=O) groups is 2. The molecule has 2 aliphatic heterocycles. The van der Waals surface area contributed by atoms with Crippen LogP contribution in [0.4, 0.5) is 0 Å². The van der Waals surface area contributed by atoms with Crippen LogP contribution in [-0.2, 0) is 16.0 Å². The number of thiophene rings is 1. The number of ether oxygens (including phenoxy) is 1. The number of amides is 1. The molecular formula is C32H36Cl2N2O3S. The highest BCUT2D eigenvalue weighted by molar-refractivity contribution is 7.08. The van der Waals surface area contributed by atoms with E-state index in [0.717, 1.165) is 51.9 Å². The summed E-state index contributed by atoms with van der Waals surface area (Å²) < 4.78 is 5.73. The first-order chi connectivity index (χ1) is 19.4. The Balaban J connectivity index is 1.19. The zero-order valence-corrected chi connectivity index (χ0v) is 25.1. The molecule has 0 bridgehead atoms. The Morgan fingerprint density at radius 1 is 1.02 bits per heavy atom. The monoisotopic (exact) mass is 598 g/mol. The fourth-order valence-electron chi connectivity index (χ4n) is 6.29. The van der Waals surface area contributed by atoms with Crippen LogP contribution in [0.5, 0.6) is 0 Å². The average molecular weight is 600 g/mol. The smallest absolute Gasteiger partial charge is 0.302 e. The molecule has 212 valence electrons. The molecule has 3 atom stereocenters. The zero-order chi connectivity index (χ0) is 28.1. The van der Waals surface area contributed by atoms with E-state index < -0.39 is 0 Å². The molecule has 5 rings (SSSR count). The topological polar surface area (TPSA) is 49.9 Å². The Morgan fingerprint density at radius 2 is 1.80 bits per heavy atom. The number of piperidine rings is 1. The quantitative estimate of drug-likeness (QED) is 0.245. The lowest BCUT2D eigenvalue weighted by molar-refractivity contribution is -0.147. The Kier molecular flexibility index (Phi) is 9.84. The van der Waals surface area contributed by atoms with Crippen molar-refractivity contribution in [3.05, 3.63) is 92.1 Å². The van der Waals surface area contributed by atoms with Gasteiger partial charge in [0.15, 0.2) is 0 Å². The molecule has 40 heavy (non-hydrogen) atoms. The van der Waals surface area contributed by atoms with E-state index in [0.29, 0.717) is 39.9 Å². The third-order valence-electron chi connectivity index (χ3n) is 8.30. The second-order valence-electron chi connectivity index (χ2n) is 11.2. The first-order valence-corrected chi connectivity index (χ1v) is 15.8. The van der Waals surface area contributed by atoms with Gasteiger partial charge in [0, 0.05) is 44.5 Å². The minimum atomic E-state index is -0.209. The summed E-state index contributed by atoms with van der Waals surface area (Å²) in [6, 6.07) is 17.6. The molecule has 3 unspecified atom stereocenters. The number of carbonyl (C=O) groups excluding carboxylic acids is 2. The van der Waals surface area contributed by atoms with Gasteiger partial charge < -0.3 is 14.5 Å². The van der Waals surface area contributed by atoms with Gasteiger partial charge in [0.1, 0.15) is 6.10 Å². The highest BCUT2D eigenvalue weighted by Crippen LogP contribution is 2.36. The summed E-state index contributed by atoms with van der Waals surface area (Å²) in [5, 5.41) is 5.20. The number of rotatable bonds is 9. The number of likely N-dealkylation sites (tertiary alicyclic amines) is 2. The lowest BCUT2D eigenvalue weighted by Gasteiger charge is -2.35. The van der Waals surface area contributed by atoms with Gasteiger partial charge in [0.2, 0.25) is 0 Å². The Hall–Kier alpha value is -2.38. The molecule has 5 nitrogen and oxygen atoms in total. The van der Waals surface area contributed by atoms with E-state index in [4.69, 9.17) is 27.9 Å². The van der Waals surface area contributed by atoms with Crippen LogP contribution in [0.15, 0.2) is 65.4 Å². The summed E-state index contributed by atoms with van der Waals surface area (Å²) >= 11 is 14.0. The first-order valence-electron chi connectivity index (χ1n) is 14.1. The number of benzene rings is 2. The molecule has 0 spiro atoms. The average Bonchev–Trinajstić information content (AvgIpc) is 3.61. The van der Waals surface area contributed by atoms with Crippen LogP contribution >= 0.6 is 34.5 Å². The number of hydrogen-bond donors (Lipinski definition) is 0. The summed E-state index contributed by atoms with van der Waals surface area (Å²) in [5.74, 6) is 1.02. The Labute approximate surface area is 251 Å². The number of esters is 1. The molecule has 2 fully saturated rings. The van der Waals surface area contributed by atoms with Crippen LogP contribution in [0.2, 0.25) is 10.0 Å². The van der Waals surface area contributed by atoms with E-state index in [1.54, 1.807) is 29.5 Å². The third kappa shape index (κ3) is 7.47. The molecule has 8 heteroatoms. The molecule has 1 aromatic heterocycles. The molecule has 1 amide bonds. The van der Waals surface area contributed by atoms with Crippen molar-refractivity contribution in [2.24, 2.45) is 11.8 Å². The van der Waals surface area contributed by atoms with Crippen molar-refractivity contribution < 1.29 is 14.3 Å². The molecule has 2 aliphatic rings. The maximum absolute atomic E-state index is 13.4. The molecule has 0 radical (unpaired) electrons. The molecule has 0 saturated carbocycles. The van der Waals surface area contributed by atoms with Crippen LogP contribution in [0.25, 0.3) is 0 Å². The van der Waals surface area contributed by atoms with Gasteiger partial charge in [-0.05, 0) is 90.3 Å². The van der Waals surface area contributed by atoms with Crippen molar-refractivity contribution in [2.75, 3.05) is 32.7 Å². The molecule has 2 aromatic carbocycles. The highest BCUT2D eigenvalue weighted by atomic mass is 35.5. The second-order valence-corrected chi connectivity index (χ2v) is 12.8. The van der Waals surface area contributed by atoms with Crippen LogP contribution in [0, 0.1) is 11.8 Å². The standard InChI is InChI=1S/C32H36Cl2N2O3S/c1-22(37)39-28(15-23-5-3-2-4-6-23)16-24-9-12-35(13-10-24)18-27-19-36(20-29(27)26-11-14-40-21-26)32(38)25-7-8-30(33)31(34)17-25/h2-8,11,14,17,21,24,27-29H,9-10,12-13,15-16,18-20H2,1H3. The molecule has 3 aromatic rings. The number of hydrogen-bond acceptors (Lipinski definition) is 5. The summed E-state index contributed by atoms with van der Waals surface area (Å²) in [7, 11) is 0. The van der Waals surface area contributed by atoms with Gasteiger partial charge in [-0.15, -0.1) is 0 Å². The van der Waals surface area contributed by atoms with Gasteiger partial charge in [-0.1, -0.05) is 53.5 Å². The summed E-state index contributed by atoms with van der Waals surface area (Å²) in [5.41, 5.74) is 3.10. The van der Waals surface area contributed by atoms with Gasteiger partial charge in [-0.25, -0.2) is 0 Å². The fraction of sp³-hybridized carbons (Fsp3) is 0.438. The van der Waals surface area contributed by atoms with Crippen molar-refractivity contribution in [3.63, 3.8) is 0 Å². The molecular weight excluding hydrogens is 563 g/mol. The minimum absolute atomic E-state index is 0.00920. The van der Waals surface area contributed by atoms with Crippen LogP contribution in [0.3, 0.4) is 0 Å². The van der Waals surface area contributed by atoms with E-state index in [-0.39, 0.29) is 18.0 Å². The summed E-state index contributed by atoms with van der Waals surface area (Å²) in [6.45, 7) is 5.95. The van der Waals surface area contributed by atoms with Crippen molar-refractivity contribution in [1.29, 1.82) is 0 Å². The molecule has 0 N–H and O–H groups in total. The van der Waals surface area contributed by atoms with Gasteiger partial charge >= 0.3 is 5.97 Å². The summed E-state index contributed by atoms with van der Waals surface area (Å²) in [4.78, 5) is 29.7. The molecule has 3 heterocycles. The minimum Gasteiger partial charge on any atom is -0.462 e. The van der Waals surface area contributed by atoms with Crippen molar-refractivity contribution in [1.82, 2.24) is 9.80 Å². The Morgan fingerprint density at radius 3 is 2.48 bits per heavy atom. The van der Waals surface area contributed by atoms with Crippen LogP contribution < -0.4 is 0 Å². The first kappa shape index (κ1) is 29.1. The maximum atomic E-state index is 13.4. The van der Waals surface area contributed by atoms with Gasteiger partial charge in [0.05, 0.1) is 10.0 Å². The predicted molar refractivity (Wildman–Crippen MR) is 162 cm³/mol.